The smallest absolute Gasteiger partial charge is 0.210 e. The summed E-state index contributed by atoms with van der Waals surface area (Å²) in [4.78, 5) is 1.46. The first-order valence-electron chi connectivity index (χ1n) is 6.87. The lowest BCUT2D eigenvalue weighted by Crippen LogP contribution is -2.20. The summed E-state index contributed by atoms with van der Waals surface area (Å²) in [5, 5.41) is 7.02. The summed E-state index contributed by atoms with van der Waals surface area (Å²) in [6, 6.07) is 4.31. The van der Waals surface area contributed by atoms with E-state index in [9.17, 15) is 0 Å². The van der Waals surface area contributed by atoms with Crippen molar-refractivity contribution in [1.29, 1.82) is 1.43 Å². The third-order valence-corrected chi connectivity index (χ3v) is 5.51. The van der Waals surface area contributed by atoms with Gasteiger partial charge in [-0.05, 0) is 54.9 Å². The van der Waals surface area contributed by atoms with Crippen molar-refractivity contribution in [2.24, 2.45) is 17.8 Å². The minimum absolute atomic E-state index is 0.267. The number of hydrogen-bond acceptors (Lipinski definition) is 2. The maximum absolute atomic E-state index is 6.96. The van der Waals surface area contributed by atoms with Gasteiger partial charge in [0, 0.05) is 16.9 Å². The second kappa shape index (κ2) is 6.21. The van der Waals surface area contributed by atoms with E-state index >= 15 is 0 Å². The molecular weight excluding hydrogens is 252 g/mol. The monoisotopic (exact) mass is 273 g/mol. The van der Waals surface area contributed by atoms with Crippen LogP contribution in [0.3, 0.4) is 0 Å². The molecule has 4 atom stereocenters. The number of alkyl halides is 1. The van der Waals surface area contributed by atoms with Gasteiger partial charge < -0.3 is 5.11 Å². The minimum Gasteiger partial charge on any atom is -0.396 e. The highest BCUT2D eigenvalue weighted by molar-refractivity contribution is 7.09. The molecule has 1 aromatic rings. The Balaban J connectivity index is 1.82. The molecule has 0 saturated heterocycles. The SMILES string of the molecule is [2H]OC[C@@H]1[C@@H](CCCc2cccs2)[C@H](Cl)C[C@H]1C. The van der Waals surface area contributed by atoms with E-state index in [0.717, 1.165) is 19.3 Å². The highest BCUT2D eigenvalue weighted by Crippen LogP contribution is 2.42. The van der Waals surface area contributed by atoms with Crippen molar-refractivity contribution < 1.29 is 5.11 Å². The van der Waals surface area contributed by atoms with E-state index in [2.05, 4.69) is 29.5 Å². The molecule has 1 aliphatic rings. The van der Waals surface area contributed by atoms with Gasteiger partial charge in [-0.3, -0.25) is 0 Å². The Hall–Kier alpha value is -0.0500. The minimum atomic E-state index is 0.267. The summed E-state index contributed by atoms with van der Waals surface area (Å²) in [7, 11) is 0. The maximum Gasteiger partial charge on any atom is 0.210 e. The second-order valence-corrected chi connectivity index (χ2v) is 6.79. The topological polar surface area (TPSA) is 20.2 Å². The van der Waals surface area contributed by atoms with E-state index in [-0.39, 0.29) is 5.38 Å². The Morgan fingerprint density at radius 1 is 1.59 bits per heavy atom. The predicted molar refractivity (Wildman–Crippen MR) is 74.7 cm³/mol. The Kier molecular flexibility index (Phi) is 4.39. The van der Waals surface area contributed by atoms with Gasteiger partial charge in [0.2, 0.25) is 1.43 Å². The fourth-order valence-electron chi connectivity index (χ4n) is 3.04. The van der Waals surface area contributed by atoms with Gasteiger partial charge in [0.05, 0.1) is 0 Å². The van der Waals surface area contributed by atoms with Gasteiger partial charge in [-0.1, -0.05) is 13.0 Å². The number of rotatable bonds is 6. The average Bonchev–Trinajstić information content (AvgIpc) is 2.92. The maximum atomic E-state index is 6.96. The molecule has 2 rings (SSSR count). The van der Waals surface area contributed by atoms with Crippen LogP contribution in [0, 0.1) is 17.8 Å². The lowest BCUT2D eigenvalue weighted by molar-refractivity contribution is 0.161. The zero-order valence-electron chi connectivity index (χ0n) is 11.3. The summed E-state index contributed by atoms with van der Waals surface area (Å²) in [5.74, 6) is 1.57. The summed E-state index contributed by atoms with van der Waals surface area (Å²) in [6.45, 7) is 2.77. The quantitative estimate of drug-likeness (QED) is 0.779. The molecule has 0 unspecified atom stereocenters. The molecule has 17 heavy (non-hydrogen) atoms. The van der Waals surface area contributed by atoms with Crippen molar-refractivity contribution in [2.45, 2.75) is 38.0 Å². The Morgan fingerprint density at radius 2 is 2.47 bits per heavy atom. The van der Waals surface area contributed by atoms with E-state index < -0.39 is 0 Å². The third-order valence-electron chi connectivity index (χ3n) is 4.08. The number of aryl methyl sites for hydroxylation is 1. The van der Waals surface area contributed by atoms with Crippen LogP contribution in [0.2, 0.25) is 0 Å². The number of thiophene rings is 1. The van der Waals surface area contributed by atoms with E-state index in [0.29, 0.717) is 24.4 Å². The molecule has 1 fully saturated rings. The van der Waals surface area contributed by atoms with Crippen molar-refractivity contribution >= 4 is 22.9 Å². The average molecular weight is 274 g/mol. The number of halogens is 1. The number of aliphatic hydroxyl groups excluding tert-OH is 1. The third kappa shape index (κ3) is 3.24. The van der Waals surface area contributed by atoms with Crippen LogP contribution in [0.15, 0.2) is 17.5 Å². The van der Waals surface area contributed by atoms with Crippen LogP contribution in [0.4, 0.5) is 0 Å². The molecule has 0 aromatic carbocycles. The molecule has 1 nitrogen and oxygen atoms in total. The Bertz CT molecular complexity index is 344. The molecule has 0 aliphatic heterocycles. The summed E-state index contributed by atoms with van der Waals surface area (Å²) in [6.07, 6.45) is 4.57. The molecular formula is C14H21ClOS. The molecule has 1 N–H and O–H groups in total. The van der Waals surface area contributed by atoms with Crippen molar-refractivity contribution in [2.75, 3.05) is 6.61 Å². The van der Waals surface area contributed by atoms with Crippen molar-refractivity contribution in [3.8, 4) is 0 Å². The molecule has 1 heterocycles. The largest absolute Gasteiger partial charge is 0.396 e. The second-order valence-electron chi connectivity index (χ2n) is 5.19. The van der Waals surface area contributed by atoms with Gasteiger partial charge in [-0.2, -0.15) is 0 Å². The molecule has 3 heteroatoms. The predicted octanol–water partition coefficient (Wildman–Crippen LogP) is 3.94. The Labute approximate surface area is 114 Å². The van der Waals surface area contributed by atoms with Gasteiger partial charge >= 0.3 is 0 Å². The zero-order chi connectivity index (χ0) is 13.0. The zero-order valence-corrected chi connectivity index (χ0v) is 11.8. The van der Waals surface area contributed by atoms with E-state index in [1.807, 2.05) is 11.3 Å². The van der Waals surface area contributed by atoms with Gasteiger partial charge in [0.25, 0.3) is 0 Å². The highest BCUT2D eigenvalue weighted by atomic mass is 35.5. The fraction of sp³-hybridized carbons (Fsp3) is 0.714. The molecule has 1 aromatic heterocycles. The van der Waals surface area contributed by atoms with Crippen molar-refractivity contribution in [3.05, 3.63) is 22.4 Å². The van der Waals surface area contributed by atoms with Crippen LogP contribution in [-0.2, 0) is 6.42 Å². The Morgan fingerprint density at radius 3 is 3.18 bits per heavy atom. The molecule has 0 radical (unpaired) electrons. The van der Waals surface area contributed by atoms with Gasteiger partial charge in [-0.25, -0.2) is 0 Å². The van der Waals surface area contributed by atoms with Crippen LogP contribution < -0.4 is 0 Å². The van der Waals surface area contributed by atoms with Gasteiger partial charge in [0.1, 0.15) is 0 Å². The van der Waals surface area contributed by atoms with E-state index in [1.54, 1.807) is 0 Å². The first-order chi connectivity index (χ1) is 8.72. The molecule has 0 amide bonds. The van der Waals surface area contributed by atoms with Crippen LogP contribution in [0.5, 0.6) is 0 Å². The van der Waals surface area contributed by atoms with Crippen LogP contribution in [0.25, 0.3) is 0 Å². The molecule has 1 aliphatic carbocycles. The summed E-state index contributed by atoms with van der Waals surface area (Å²) < 4.78 is 6.96. The lowest BCUT2D eigenvalue weighted by Gasteiger charge is -2.21. The molecule has 96 valence electrons. The summed E-state index contributed by atoms with van der Waals surface area (Å²) >= 11 is 8.28. The van der Waals surface area contributed by atoms with Crippen LogP contribution >= 0.6 is 22.9 Å². The molecule has 1 saturated carbocycles. The first-order valence-corrected chi connectivity index (χ1v) is 7.78. The van der Waals surface area contributed by atoms with Crippen molar-refractivity contribution in [3.63, 3.8) is 0 Å². The van der Waals surface area contributed by atoms with Gasteiger partial charge in [0.15, 0.2) is 0 Å². The number of hydrogen-bond donors (Lipinski definition) is 1. The molecule has 0 bridgehead atoms. The highest BCUT2D eigenvalue weighted by Gasteiger charge is 2.38. The fourth-order valence-corrected chi connectivity index (χ4v) is 4.39. The van der Waals surface area contributed by atoms with Crippen LogP contribution in [-0.4, -0.2) is 18.5 Å². The standard InChI is InChI=1S/C14H21ClOS/c1-10-8-14(15)12(13(10)9-16)6-2-4-11-5-3-7-17-11/h3,5,7,10,12-14,16H,2,4,6,8-9H2,1H3/t10-,12-,13+,14-/m1/s1/i16D. The van der Waals surface area contributed by atoms with Crippen LogP contribution in [0.1, 0.15) is 31.1 Å². The number of aliphatic hydroxyl groups is 1. The van der Waals surface area contributed by atoms with Gasteiger partial charge in [-0.15, -0.1) is 22.9 Å². The van der Waals surface area contributed by atoms with E-state index in [1.165, 1.54) is 11.3 Å². The summed E-state index contributed by atoms with van der Waals surface area (Å²) in [5.41, 5.74) is 0. The van der Waals surface area contributed by atoms with E-state index in [4.69, 9.17) is 13.0 Å². The molecule has 0 spiro atoms. The van der Waals surface area contributed by atoms with Crippen molar-refractivity contribution in [1.82, 2.24) is 0 Å². The normalized spacial score (nSPS) is 33.9. The lowest BCUT2D eigenvalue weighted by atomic mass is 9.87. The first kappa shape index (κ1) is 12.0.